The number of rotatable bonds is 16. The largest absolute Gasteiger partial charge is 0.385 e. The molecule has 0 bridgehead atoms. The van der Waals surface area contributed by atoms with Crippen molar-refractivity contribution in [3.05, 3.63) is 64.9 Å². The molecule has 238 valence electrons. The van der Waals surface area contributed by atoms with Crippen LogP contribution < -0.4 is 4.72 Å². The molecule has 1 unspecified atom stereocenters. The van der Waals surface area contributed by atoms with Crippen molar-refractivity contribution >= 4 is 27.6 Å². The van der Waals surface area contributed by atoms with Crippen molar-refractivity contribution in [1.29, 1.82) is 0 Å². The summed E-state index contributed by atoms with van der Waals surface area (Å²) in [4.78, 5) is 20.8. The van der Waals surface area contributed by atoms with Gasteiger partial charge < -0.3 is 14.0 Å². The average molecular weight is 625 g/mol. The normalized spacial score (nSPS) is 16.9. The van der Waals surface area contributed by atoms with Crippen LogP contribution in [0.1, 0.15) is 75.3 Å². The number of hydrogen-bond acceptors (Lipinski definition) is 8. The zero-order chi connectivity index (χ0) is 31.9. The number of hydrogen-bond donors (Lipinski definition) is 1. The summed E-state index contributed by atoms with van der Waals surface area (Å²) in [5, 5.41) is 3.88. The number of ether oxygens (including phenoxy) is 2. The van der Waals surface area contributed by atoms with Crippen LogP contribution in [0.5, 0.6) is 0 Å². The van der Waals surface area contributed by atoms with Crippen molar-refractivity contribution in [2.45, 2.75) is 90.3 Å². The summed E-state index contributed by atoms with van der Waals surface area (Å²) in [6, 6.07) is 12.7. The van der Waals surface area contributed by atoms with Crippen molar-refractivity contribution in [3.63, 3.8) is 0 Å². The lowest BCUT2D eigenvalue weighted by atomic mass is 9.92. The van der Waals surface area contributed by atoms with Gasteiger partial charge in [-0.05, 0) is 56.4 Å². The number of nitrogens with zero attached hydrogens (tertiary/aromatic N) is 3. The Morgan fingerprint density at radius 3 is 2.50 bits per heavy atom. The minimum Gasteiger partial charge on any atom is -0.385 e. The highest BCUT2D eigenvalue weighted by Gasteiger charge is 2.46. The molecule has 2 aromatic carbocycles. The third-order valence-corrected chi connectivity index (χ3v) is 9.58. The van der Waals surface area contributed by atoms with Crippen molar-refractivity contribution in [2.75, 3.05) is 25.0 Å². The van der Waals surface area contributed by atoms with E-state index >= 15 is 0 Å². The van der Waals surface area contributed by atoms with Gasteiger partial charge in [-0.2, -0.15) is 0 Å². The molecule has 1 N–H and O–H groups in total. The van der Waals surface area contributed by atoms with Crippen LogP contribution in [0, 0.1) is 13.8 Å². The first-order valence-corrected chi connectivity index (χ1v) is 16.7. The summed E-state index contributed by atoms with van der Waals surface area (Å²) in [5.41, 5.74) is 2.80. The number of benzene rings is 2. The smallest absolute Gasteiger partial charge is 0.263 e. The monoisotopic (exact) mass is 624 g/mol. The highest BCUT2D eigenvalue weighted by molar-refractivity contribution is 7.92. The molecule has 0 saturated carbocycles. The maximum atomic E-state index is 13.9. The Kier molecular flexibility index (Phi) is 11.0. The van der Waals surface area contributed by atoms with Crippen LogP contribution in [0.25, 0.3) is 11.1 Å². The van der Waals surface area contributed by atoms with Gasteiger partial charge in [0.25, 0.3) is 15.9 Å². The molecule has 2 heterocycles. The lowest BCUT2D eigenvalue weighted by Crippen LogP contribution is -2.42. The Balaban J connectivity index is 1.71. The number of sulfonamides is 1. The van der Waals surface area contributed by atoms with E-state index in [1.807, 2.05) is 43.0 Å². The van der Waals surface area contributed by atoms with Crippen LogP contribution in [0.15, 0.2) is 56.9 Å². The first-order valence-electron chi connectivity index (χ1n) is 15.2. The quantitative estimate of drug-likeness (QED) is 0.195. The minimum absolute atomic E-state index is 0.000475. The summed E-state index contributed by atoms with van der Waals surface area (Å²) in [6.07, 6.45) is 3.80. The second-order valence-electron chi connectivity index (χ2n) is 11.1. The van der Waals surface area contributed by atoms with Crippen molar-refractivity contribution in [2.24, 2.45) is 4.99 Å². The molecule has 3 aromatic rings. The van der Waals surface area contributed by atoms with Crippen LogP contribution >= 0.6 is 0 Å². The van der Waals surface area contributed by atoms with Crippen LogP contribution in [0.4, 0.5) is 5.82 Å². The zero-order valence-corrected chi connectivity index (χ0v) is 27.4. The molecule has 0 spiro atoms. The number of methoxy groups -OCH3 is 1. The van der Waals surface area contributed by atoms with E-state index < -0.39 is 15.6 Å². The Labute approximate surface area is 260 Å². The average Bonchev–Trinajstić information content (AvgIpc) is 3.47. The molecule has 44 heavy (non-hydrogen) atoms. The van der Waals surface area contributed by atoms with Gasteiger partial charge in [-0.25, -0.2) is 8.42 Å². The van der Waals surface area contributed by atoms with Crippen molar-refractivity contribution in [3.8, 4) is 11.1 Å². The number of anilines is 1. The molecule has 1 atom stereocenters. The number of amides is 1. The van der Waals surface area contributed by atoms with Crippen molar-refractivity contribution in [1.82, 2.24) is 10.1 Å². The Bertz CT molecular complexity index is 1600. The zero-order valence-electron chi connectivity index (χ0n) is 26.6. The van der Waals surface area contributed by atoms with E-state index in [-0.39, 0.29) is 23.2 Å². The van der Waals surface area contributed by atoms with E-state index in [0.717, 1.165) is 41.8 Å². The van der Waals surface area contributed by atoms with Gasteiger partial charge in [0.1, 0.15) is 17.1 Å². The maximum Gasteiger partial charge on any atom is 0.263 e. The van der Waals surface area contributed by atoms with Gasteiger partial charge in [0.05, 0.1) is 18.0 Å². The molecule has 1 aromatic heterocycles. The number of carbonyl (C=O) groups is 1. The molecular weight excluding hydrogens is 580 g/mol. The van der Waals surface area contributed by atoms with Crippen LogP contribution in [-0.4, -0.2) is 56.1 Å². The molecule has 0 radical (unpaired) electrons. The molecule has 0 saturated heterocycles. The highest BCUT2D eigenvalue weighted by Crippen LogP contribution is 2.35. The first kappa shape index (κ1) is 33.4. The number of unbranched alkanes of at least 4 members (excludes halogenated alkanes) is 1. The van der Waals surface area contributed by atoms with E-state index in [9.17, 15) is 13.2 Å². The second-order valence-corrected chi connectivity index (χ2v) is 12.7. The minimum atomic E-state index is -4.01. The molecular formula is C33H44N4O6S. The number of amidine groups is 1. The van der Waals surface area contributed by atoms with E-state index in [4.69, 9.17) is 19.0 Å². The molecule has 11 heteroatoms. The van der Waals surface area contributed by atoms with E-state index in [2.05, 4.69) is 16.8 Å². The van der Waals surface area contributed by atoms with Gasteiger partial charge in [0.2, 0.25) is 0 Å². The first-order chi connectivity index (χ1) is 21.1. The topological polar surface area (TPSA) is 123 Å². The third kappa shape index (κ3) is 7.06. The lowest BCUT2D eigenvalue weighted by Gasteiger charge is -2.25. The van der Waals surface area contributed by atoms with Gasteiger partial charge in [-0.3, -0.25) is 19.4 Å². The van der Waals surface area contributed by atoms with Crippen LogP contribution in [0.2, 0.25) is 0 Å². The fourth-order valence-electron chi connectivity index (χ4n) is 5.39. The molecule has 0 aliphatic carbocycles. The Hall–Kier alpha value is -3.54. The Morgan fingerprint density at radius 1 is 1.07 bits per heavy atom. The van der Waals surface area contributed by atoms with E-state index in [0.29, 0.717) is 49.5 Å². The number of carbonyl (C=O) groups excluding carboxylic acids is 1. The summed E-state index contributed by atoms with van der Waals surface area (Å²) < 4.78 is 46.1. The third-order valence-electron chi connectivity index (χ3n) is 8.18. The molecule has 1 amide bonds. The molecule has 4 rings (SSSR count). The number of aromatic nitrogens is 1. The summed E-state index contributed by atoms with van der Waals surface area (Å²) >= 11 is 0. The SMILES string of the molecule is CCCCC1=NC(CC)(CCOC)C(=O)N1Cc1ccc(-c2ccccc2S(=O)(=O)Nc2noc(C)c2C)c(COCC)c1. The molecule has 1 aliphatic rings. The lowest BCUT2D eigenvalue weighted by molar-refractivity contribution is -0.132. The highest BCUT2D eigenvalue weighted by atomic mass is 32.2. The van der Waals surface area contributed by atoms with E-state index in [1.165, 1.54) is 0 Å². The predicted octanol–water partition coefficient (Wildman–Crippen LogP) is 6.41. The summed E-state index contributed by atoms with van der Waals surface area (Å²) in [5.74, 6) is 1.51. The van der Waals surface area contributed by atoms with Gasteiger partial charge in [-0.15, -0.1) is 0 Å². The van der Waals surface area contributed by atoms with Crippen molar-refractivity contribution < 1.29 is 27.2 Å². The number of nitrogens with one attached hydrogen (secondary N) is 1. The fourth-order valence-corrected chi connectivity index (χ4v) is 6.67. The second kappa shape index (κ2) is 14.5. The van der Waals surface area contributed by atoms with Gasteiger partial charge in [0.15, 0.2) is 5.82 Å². The Morgan fingerprint density at radius 2 is 1.84 bits per heavy atom. The summed E-state index contributed by atoms with van der Waals surface area (Å²) in [7, 11) is -2.37. The van der Waals surface area contributed by atoms with Crippen LogP contribution in [0.3, 0.4) is 0 Å². The predicted molar refractivity (Wildman–Crippen MR) is 171 cm³/mol. The number of aliphatic imine (C=N–C) groups is 1. The molecule has 10 nitrogen and oxygen atoms in total. The fraction of sp³-hybridized carbons (Fsp3) is 0.485. The number of aryl methyl sites for hydroxylation is 1. The maximum absolute atomic E-state index is 13.9. The van der Waals surface area contributed by atoms with Gasteiger partial charge in [0, 0.05) is 44.3 Å². The standard InChI is InChI=1S/C33H44N4O6S/c1-7-10-15-30-34-33(8-2,18-19-41-6)32(38)37(30)21-25-16-17-27(26(20-25)22-42-9-3)28-13-11-12-14-29(28)44(39,40)36-31-23(4)24(5)43-35-31/h11-14,16-17,20H,7-10,15,18-19,21-22H2,1-6H3,(H,35,36). The molecule has 0 fully saturated rings. The molecule has 1 aliphatic heterocycles. The summed E-state index contributed by atoms with van der Waals surface area (Å²) in [6.45, 7) is 11.1. The van der Waals surface area contributed by atoms with Gasteiger partial charge >= 0.3 is 0 Å². The van der Waals surface area contributed by atoms with Crippen LogP contribution in [-0.2, 0) is 37.4 Å². The van der Waals surface area contributed by atoms with E-state index in [1.54, 1.807) is 39.2 Å². The van der Waals surface area contributed by atoms with Gasteiger partial charge in [-0.1, -0.05) is 61.8 Å².